The summed E-state index contributed by atoms with van der Waals surface area (Å²) in [5.41, 5.74) is 0. The summed E-state index contributed by atoms with van der Waals surface area (Å²) in [6, 6.07) is 0. The third kappa shape index (κ3) is 1.50. The molecule has 0 aromatic heterocycles. The highest BCUT2D eigenvalue weighted by atomic mass is 14.1. The van der Waals surface area contributed by atoms with E-state index >= 15 is 0 Å². The maximum absolute atomic E-state index is 2.41. The van der Waals surface area contributed by atoms with E-state index in [0.717, 1.165) is 5.92 Å². The molecule has 0 saturated heterocycles. The fourth-order valence-corrected chi connectivity index (χ4v) is 1.13. The average molecular weight is 97.2 g/mol. The van der Waals surface area contributed by atoms with Crippen LogP contribution in [0.1, 0.15) is 32.6 Å². The van der Waals surface area contributed by atoms with Crippen LogP contribution >= 0.6 is 0 Å². The van der Waals surface area contributed by atoms with Gasteiger partial charge in [-0.2, -0.15) is 0 Å². The molecule has 1 aliphatic carbocycles. The molecule has 0 N–H and O–H groups in total. The van der Waals surface area contributed by atoms with Gasteiger partial charge in [-0.05, 0) is 18.8 Å². The molecule has 1 radical (unpaired) electrons. The molecule has 41 valence electrons. The monoisotopic (exact) mass is 97.1 g/mol. The molecule has 0 spiro atoms. The molecule has 0 aromatic carbocycles. The van der Waals surface area contributed by atoms with E-state index in [1.165, 1.54) is 25.7 Å². The van der Waals surface area contributed by atoms with Crippen LogP contribution in [-0.4, -0.2) is 0 Å². The van der Waals surface area contributed by atoms with E-state index in [2.05, 4.69) is 13.3 Å². The molecule has 1 unspecified atom stereocenters. The molecule has 0 heteroatoms. The second-order valence-electron chi connectivity index (χ2n) is 2.56. The topological polar surface area (TPSA) is 0 Å². The second-order valence-corrected chi connectivity index (χ2v) is 2.56. The first-order valence-electron chi connectivity index (χ1n) is 3.21. The summed E-state index contributed by atoms with van der Waals surface area (Å²) in [6.07, 6.45) is 8.02. The molecule has 1 aliphatic rings. The van der Waals surface area contributed by atoms with Crippen molar-refractivity contribution in [1.29, 1.82) is 0 Å². The summed E-state index contributed by atoms with van der Waals surface area (Å²) in [7, 11) is 0. The van der Waals surface area contributed by atoms with E-state index in [4.69, 9.17) is 0 Å². The molecule has 7 heavy (non-hydrogen) atoms. The van der Waals surface area contributed by atoms with E-state index in [9.17, 15) is 0 Å². The Hall–Kier alpha value is 0. The molecule has 0 aromatic rings. The first-order valence-corrected chi connectivity index (χ1v) is 3.21. The van der Waals surface area contributed by atoms with Crippen molar-refractivity contribution < 1.29 is 0 Å². The van der Waals surface area contributed by atoms with E-state index in [1.54, 1.807) is 0 Å². The number of hydrogen-bond acceptors (Lipinski definition) is 0. The maximum Gasteiger partial charge on any atom is -0.0383 e. The van der Waals surface area contributed by atoms with Crippen molar-refractivity contribution in [3.63, 3.8) is 0 Å². The minimum absolute atomic E-state index is 0.980. The van der Waals surface area contributed by atoms with Crippen LogP contribution < -0.4 is 0 Å². The zero-order valence-corrected chi connectivity index (χ0v) is 4.98. The SMILES string of the molecule is CC1C[CH]CCC1. The van der Waals surface area contributed by atoms with Crippen LogP contribution in [0, 0.1) is 12.3 Å². The third-order valence-electron chi connectivity index (χ3n) is 1.67. The lowest BCUT2D eigenvalue weighted by Gasteiger charge is -2.15. The Morgan fingerprint density at radius 3 is 2.71 bits per heavy atom. The van der Waals surface area contributed by atoms with Gasteiger partial charge in [-0.15, -0.1) is 0 Å². The Balaban J connectivity index is 2.12. The molecule has 0 heterocycles. The summed E-state index contributed by atoms with van der Waals surface area (Å²) < 4.78 is 0. The van der Waals surface area contributed by atoms with Crippen molar-refractivity contribution in [3.05, 3.63) is 6.42 Å². The van der Waals surface area contributed by atoms with Gasteiger partial charge in [-0.3, -0.25) is 0 Å². The van der Waals surface area contributed by atoms with Gasteiger partial charge in [0.25, 0.3) is 0 Å². The zero-order chi connectivity index (χ0) is 5.11. The molecule has 0 nitrogen and oxygen atoms in total. The van der Waals surface area contributed by atoms with Gasteiger partial charge in [-0.1, -0.05) is 26.2 Å². The molecule has 1 fully saturated rings. The Morgan fingerprint density at radius 1 is 1.57 bits per heavy atom. The summed E-state index contributed by atoms with van der Waals surface area (Å²) >= 11 is 0. The van der Waals surface area contributed by atoms with Gasteiger partial charge in [0.2, 0.25) is 0 Å². The van der Waals surface area contributed by atoms with Crippen molar-refractivity contribution in [2.75, 3.05) is 0 Å². The summed E-state index contributed by atoms with van der Waals surface area (Å²) in [6.45, 7) is 2.33. The molecule has 0 bridgehead atoms. The van der Waals surface area contributed by atoms with Crippen LogP contribution in [0.5, 0.6) is 0 Å². The first-order chi connectivity index (χ1) is 3.39. The van der Waals surface area contributed by atoms with Crippen molar-refractivity contribution in [2.45, 2.75) is 32.6 Å². The predicted octanol–water partition coefficient (Wildman–Crippen LogP) is 2.40. The number of rotatable bonds is 0. The third-order valence-corrected chi connectivity index (χ3v) is 1.67. The van der Waals surface area contributed by atoms with Crippen molar-refractivity contribution >= 4 is 0 Å². The summed E-state index contributed by atoms with van der Waals surface area (Å²) in [4.78, 5) is 0. The lowest BCUT2D eigenvalue weighted by atomic mass is 9.91. The molecule has 0 amide bonds. The molecule has 1 rings (SSSR count). The van der Waals surface area contributed by atoms with Gasteiger partial charge in [0, 0.05) is 0 Å². The van der Waals surface area contributed by atoms with Crippen LogP contribution in [0.3, 0.4) is 0 Å². The Morgan fingerprint density at radius 2 is 2.43 bits per heavy atom. The molecular formula is C7H13. The van der Waals surface area contributed by atoms with E-state index in [1.807, 2.05) is 0 Å². The van der Waals surface area contributed by atoms with E-state index in [0.29, 0.717) is 0 Å². The van der Waals surface area contributed by atoms with Crippen LogP contribution in [0.15, 0.2) is 0 Å². The average Bonchev–Trinajstić information content (AvgIpc) is 1.69. The first kappa shape index (κ1) is 5.14. The highest BCUT2D eigenvalue weighted by molar-refractivity contribution is 4.74. The van der Waals surface area contributed by atoms with Crippen molar-refractivity contribution in [1.82, 2.24) is 0 Å². The van der Waals surface area contributed by atoms with Crippen LogP contribution in [0.2, 0.25) is 0 Å². The van der Waals surface area contributed by atoms with Crippen LogP contribution in [0.25, 0.3) is 0 Å². The van der Waals surface area contributed by atoms with Gasteiger partial charge in [0.15, 0.2) is 0 Å². The van der Waals surface area contributed by atoms with Crippen molar-refractivity contribution in [2.24, 2.45) is 5.92 Å². The van der Waals surface area contributed by atoms with Gasteiger partial charge in [-0.25, -0.2) is 0 Å². The quantitative estimate of drug-likeness (QED) is 0.435. The summed E-state index contributed by atoms with van der Waals surface area (Å²) in [5, 5.41) is 0. The standard InChI is InChI=1S/C7H13/c1-7-5-3-2-4-6-7/h3,7H,2,4-6H2,1H3. The molecular weight excluding hydrogens is 84.1 g/mol. The highest BCUT2D eigenvalue weighted by Gasteiger charge is 2.06. The lowest BCUT2D eigenvalue weighted by Crippen LogP contribution is -2.00. The lowest BCUT2D eigenvalue weighted by molar-refractivity contribution is 0.448. The maximum atomic E-state index is 2.41. The van der Waals surface area contributed by atoms with Gasteiger partial charge in [0.1, 0.15) is 0 Å². The molecule has 0 aliphatic heterocycles. The number of hydrogen-bond donors (Lipinski definition) is 0. The normalized spacial score (nSPS) is 25.3. The zero-order valence-electron chi connectivity index (χ0n) is 4.98. The van der Waals surface area contributed by atoms with E-state index < -0.39 is 0 Å². The fourth-order valence-electron chi connectivity index (χ4n) is 1.13. The van der Waals surface area contributed by atoms with Crippen LogP contribution in [-0.2, 0) is 0 Å². The smallest absolute Gasteiger partial charge is 0.0383 e. The van der Waals surface area contributed by atoms with Gasteiger partial charge < -0.3 is 0 Å². The Labute approximate surface area is 45.9 Å². The van der Waals surface area contributed by atoms with Gasteiger partial charge in [0.05, 0.1) is 0 Å². The largest absolute Gasteiger partial charge is 0.0625 e. The van der Waals surface area contributed by atoms with E-state index in [-0.39, 0.29) is 0 Å². The molecule has 1 atom stereocenters. The Bertz CT molecular complexity index is 42.0. The minimum Gasteiger partial charge on any atom is -0.0625 e. The highest BCUT2D eigenvalue weighted by Crippen LogP contribution is 2.21. The van der Waals surface area contributed by atoms with Crippen LogP contribution in [0.4, 0.5) is 0 Å². The molecule has 1 saturated carbocycles. The van der Waals surface area contributed by atoms with Crippen molar-refractivity contribution in [3.8, 4) is 0 Å². The Kier molecular flexibility index (Phi) is 1.72. The second kappa shape index (κ2) is 2.34. The minimum atomic E-state index is 0.980. The predicted molar refractivity (Wildman–Crippen MR) is 31.9 cm³/mol. The van der Waals surface area contributed by atoms with Gasteiger partial charge >= 0.3 is 0 Å². The fraction of sp³-hybridized carbons (Fsp3) is 0.857. The summed E-state index contributed by atoms with van der Waals surface area (Å²) in [5.74, 6) is 0.980.